The molecule has 1 aromatic carbocycles. The number of ether oxygens (including phenoxy) is 1. The third-order valence-electron chi connectivity index (χ3n) is 4.18. The SMILES string of the molecule is NCCCN1N=C(N)C2=CC=C(c3ccccc3OC(F)(F)F)CC21. The predicted molar refractivity (Wildman–Crippen MR) is 89.6 cm³/mol. The Bertz CT molecular complexity index is 740. The molecule has 0 radical (unpaired) electrons. The summed E-state index contributed by atoms with van der Waals surface area (Å²) in [7, 11) is 0. The van der Waals surface area contributed by atoms with Gasteiger partial charge in [0.25, 0.3) is 0 Å². The molecular formula is C17H19F3N4O. The van der Waals surface area contributed by atoms with Crippen molar-refractivity contribution in [3.63, 3.8) is 0 Å². The van der Waals surface area contributed by atoms with Crippen molar-refractivity contribution in [3.05, 3.63) is 47.6 Å². The van der Waals surface area contributed by atoms with Gasteiger partial charge in [-0.25, -0.2) is 0 Å². The molecule has 5 nitrogen and oxygen atoms in total. The van der Waals surface area contributed by atoms with E-state index < -0.39 is 6.36 Å². The van der Waals surface area contributed by atoms with Gasteiger partial charge in [-0.1, -0.05) is 30.4 Å². The van der Waals surface area contributed by atoms with Gasteiger partial charge in [0.2, 0.25) is 0 Å². The molecule has 0 amide bonds. The summed E-state index contributed by atoms with van der Waals surface area (Å²) in [5, 5.41) is 6.20. The summed E-state index contributed by atoms with van der Waals surface area (Å²) in [4.78, 5) is 0. The molecule has 0 bridgehead atoms. The molecule has 3 rings (SSSR count). The van der Waals surface area contributed by atoms with Gasteiger partial charge in [-0.15, -0.1) is 13.2 Å². The Morgan fingerprint density at radius 1 is 1.24 bits per heavy atom. The lowest BCUT2D eigenvalue weighted by atomic mass is 9.88. The first-order chi connectivity index (χ1) is 11.9. The molecule has 134 valence electrons. The van der Waals surface area contributed by atoms with E-state index in [2.05, 4.69) is 9.84 Å². The van der Waals surface area contributed by atoms with Crippen molar-refractivity contribution in [2.45, 2.75) is 25.2 Å². The summed E-state index contributed by atoms with van der Waals surface area (Å²) >= 11 is 0. The number of para-hydroxylation sites is 1. The molecule has 0 saturated heterocycles. The van der Waals surface area contributed by atoms with Crippen LogP contribution in [-0.4, -0.2) is 36.3 Å². The molecule has 8 heteroatoms. The van der Waals surface area contributed by atoms with Crippen LogP contribution in [0.1, 0.15) is 18.4 Å². The third kappa shape index (κ3) is 3.79. The minimum absolute atomic E-state index is 0.0921. The van der Waals surface area contributed by atoms with Gasteiger partial charge in [0.15, 0.2) is 0 Å². The zero-order chi connectivity index (χ0) is 18.0. The van der Waals surface area contributed by atoms with Crippen molar-refractivity contribution in [2.75, 3.05) is 13.1 Å². The average Bonchev–Trinajstić information content (AvgIpc) is 2.87. The van der Waals surface area contributed by atoms with Crippen molar-refractivity contribution in [1.82, 2.24) is 5.01 Å². The minimum Gasteiger partial charge on any atom is -0.405 e. The number of fused-ring (bicyclic) bond motifs is 1. The molecule has 1 aromatic rings. The molecule has 2 aliphatic rings. The van der Waals surface area contributed by atoms with Gasteiger partial charge in [-0.05, 0) is 31.0 Å². The van der Waals surface area contributed by atoms with Gasteiger partial charge in [0.1, 0.15) is 11.6 Å². The molecule has 1 aliphatic heterocycles. The molecule has 0 saturated carbocycles. The fraction of sp³-hybridized carbons (Fsp3) is 0.353. The predicted octanol–water partition coefficient (Wildman–Crippen LogP) is 2.60. The summed E-state index contributed by atoms with van der Waals surface area (Å²) in [6.07, 6.45) is 0.112. The molecule has 25 heavy (non-hydrogen) atoms. The van der Waals surface area contributed by atoms with Gasteiger partial charge in [0, 0.05) is 17.7 Å². The fourth-order valence-electron chi connectivity index (χ4n) is 3.08. The Morgan fingerprint density at radius 3 is 2.72 bits per heavy atom. The maximum Gasteiger partial charge on any atom is 0.573 e. The number of rotatable bonds is 5. The second-order valence-electron chi connectivity index (χ2n) is 5.87. The van der Waals surface area contributed by atoms with Crippen LogP contribution < -0.4 is 16.2 Å². The molecule has 0 fully saturated rings. The number of nitrogens with two attached hydrogens (primary N) is 2. The van der Waals surface area contributed by atoms with Gasteiger partial charge < -0.3 is 16.2 Å². The number of amidine groups is 1. The van der Waals surface area contributed by atoms with Crippen LogP contribution in [0, 0.1) is 0 Å². The highest BCUT2D eigenvalue weighted by molar-refractivity contribution is 6.01. The van der Waals surface area contributed by atoms with Crippen molar-refractivity contribution in [1.29, 1.82) is 0 Å². The molecule has 1 atom stereocenters. The van der Waals surface area contributed by atoms with Gasteiger partial charge in [0.05, 0.1) is 6.04 Å². The van der Waals surface area contributed by atoms with Crippen LogP contribution in [0.25, 0.3) is 5.57 Å². The van der Waals surface area contributed by atoms with Crippen molar-refractivity contribution in [3.8, 4) is 5.75 Å². The molecule has 0 spiro atoms. The summed E-state index contributed by atoms with van der Waals surface area (Å²) in [5.74, 6) is 0.232. The Labute approximate surface area is 143 Å². The topological polar surface area (TPSA) is 76.9 Å². The van der Waals surface area contributed by atoms with E-state index in [1.54, 1.807) is 18.2 Å². The molecule has 1 aliphatic carbocycles. The van der Waals surface area contributed by atoms with Crippen LogP contribution in [0.2, 0.25) is 0 Å². The zero-order valence-corrected chi connectivity index (χ0v) is 13.5. The highest BCUT2D eigenvalue weighted by Crippen LogP contribution is 2.38. The highest BCUT2D eigenvalue weighted by atomic mass is 19.4. The molecule has 1 unspecified atom stereocenters. The highest BCUT2D eigenvalue weighted by Gasteiger charge is 2.35. The van der Waals surface area contributed by atoms with Crippen LogP contribution in [0.3, 0.4) is 0 Å². The van der Waals surface area contributed by atoms with Gasteiger partial charge in [-0.3, -0.25) is 5.01 Å². The first-order valence-electron chi connectivity index (χ1n) is 7.96. The number of nitrogens with zero attached hydrogens (tertiary/aromatic N) is 2. The number of halogens is 3. The lowest BCUT2D eigenvalue weighted by Gasteiger charge is -2.28. The summed E-state index contributed by atoms with van der Waals surface area (Å²) in [6.45, 7) is 1.18. The molecule has 1 heterocycles. The summed E-state index contributed by atoms with van der Waals surface area (Å²) in [5.41, 5.74) is 13.6. The smallest absolute Gasteiger partial charge is 0.405 e. The quantitative estimate of drug-likeness (QED) is 0.854. The largest absolute Gasteiger partial charge is 0.573 e. The lowest BCUT2D eigenvalue weighted by Crippen LogP contribution is -2.32. The van der Waals surface area contributed by atoms with Crippen molar-refractivity contribution >= 4 is 11.4 Å². The number of hydrogen-bond acceptors (Lipinski definition) is 5. The zero-order valence-electron chi connectivity index (χ0n) is 13.5. The standard InChI is InChI=1S/C17H19F3N4O/c18-17(19,20)25-15-5-2-1-4-12(15)11-6-7-13-14(10-11)24(9-3-8-21)23-16(13)22/h1-2,4-7,14H,3,8-10,21H2,(H2,22,23). The van der Waals surface area contributed by atoms with Gasteiger partial charge >= 0.3 is 6.36 Å². The monoisotopic (exact) mass is 352 g/mol. The van der Waals surface area contributed by atoms with E-state index in [1.165, 1.54) is 12.1 Å². The van der Waals surface area contributed by atoms with E-state index in [0.29, 0.717) is 30.9 Å². The minimum atomic E-state index is -4.74. The second-order valence-corrected chi connectivity index (χ2v) is 5.87. The number of alkyl halides is 3. The molecular weight excluding hydrogens is 333 g/mol. The van der Waals surface area contributed by atoms with E-state index in [9.17, 15) is 13.2 Å². The lowest BCUT2D eigenvalue weighted by molar-refractivity contribution is -0.274. The van der Waals surface area contributed by atoms with Crippen LogP contribution in [-0.2, 0) is 0 Å². The van der Waals surface area contributed by atoms with Crippen molar-refractivity contribution < 1.29 is 17.9 Å². The Hall–Kier alpha value is -2.48. The first-order valence-corrected chi connectivity index (χ1v) is 7.96. The third-order valence-corrected chi connectivity index (χ3v) is 4.18. The van der Waals surface area contributed by atoms with Crippen molar-refractivity contribution in [2.24, 2.45) is 16.6 Å². The fourth-order valence-corrected chi connectivity index (χ4v) is 3.08. The molecule has 0 aromatic heterocycles. The number of benzene rings is 1. The van der Waals surface area contributed by atoms with E-state index >= 15 is 0 Å². The maximum absolute atomic E-state index is 12.6. The van der Waals surface area contributed by atoms with E-state index in [-0.39, 0.29) is 11.8 Å². The molecule has 4 N–H and O–H groups in total. The Kier molecular flexibility index (Phi) is 4.71. The number of hydrazone groups is 1. The Balaban J connectivity index is 1.88. The van der Waals surface area contributed by atoms with Crippen LogP contribution in [0.5, 0.6) is 5.75 Å². The maximum atomic E-state index is 12.6. The van der Waals surface area contributed by atoms with E-state index in [4.69, 9.17) is 11.5 Å². The number of allylic oxidation sites excluding steroid dienone is 2. The summed E-state index contributed by atoms with van der Waals surface area (Å²) in [6, 6.07) is 6.04. The van der Waals surface area contributed by atoms with Crippen LogP contribution in [0.15, 0.2) is 47.1 Å². The second kappa shape index (κ2) is 6.79. The normalized spacial score (nSPS) is 19.9. The van der Waals surface area contributed by atoms with Gasteiger partial charge in [-0.2, -0.15) is 5.10 Å². The Morgan fingerprint density at radius 2 is 2.00 bits per heavy atom. The van der Waals surface area contributed by atoms with E-state index in [1.807, 2.05) is 11.1 Å². The number of hydrogen-bond donors (Lipinski definition) is 2. The van der Waals surface area contributed by atoms with Crippen LogP contribution >= 0.6 is 0 Å². The average molecular weight is 352 g/mol. The summed E-state index contributed by atoms with van der Waals surface area (Å²) < 4.78 is 42.1. The first kappa shape index (κ1) is 17.3. The van der Waals surface area contributed by atoms with Crippen LogP contribution in [0.4, 0.5) is 13.2 Å². The van der Waals surface area contributed by atoms with E-state index in [0.717, 1.165) is 17.6 Å².